The smallest absolute Gasteiger partial charge is 0.322 e. The summed E-state index contributed by atoms with van der Waals surface area (Å²) in [5.74, 6) is -2.95. The number of hydrogen-bond acceptors (Lipinski definition) is 2. The molecule has 0 unspecified atom stereocenters. The van der Waals surface area contributed by atoms with Gasteiger partial charge in [-0.2, -0.15) is 39.5 Å². The molecule has 3 aromatic carbocycles. The maximum atomic E-state index is 14.5. The molecule has 0 fully saturated rings. The summed E-state index contributed by atoms with van der Waals surface area (Å²) in [6.45, 7) is 0. The molecular formula is C24H11BrClF11N2O2. The first-order valence-corrected chi connectivity index (χ1v) is 11.8. The summed E-state index contributed by atoms with van der Waals surface area (Å²) in [5.41, 5.74) is -12.9. The zero-order chi connectivity index (χ0) is 31.1. The molecular weight excluding hydrogens is 673 g/mol. The van der Waals surface area contributed by atoms with E-state index < -0.39 is 74.7 Å². The summed E-state index contributed by atoms with van der Waals surface area (Å²) < 4.78 is 147. The summed E-state index contributed by atoms with van der Waals surface area (Å²) in [7, 11) is 0. The Bertz CT molecular complexity index is 1490. The van der Waals surface area contributed by atoms with Crippen LogP contribution in [0, 0.1) is 5.82 Å². The van der Waals surface area contributed by atoms with E-state index in [1.807, 2.05) is 0 Å². The second kappa shape index (κ2) is 11.1. The van der Waals surface area contributed by atoms with E-state index in [0.717, 1.165) is 30.3 Å². The number of halogens is 13. The molecule has 0 saturated carbocycles. The predicted molar refractivity (Wildman–Crippen MR) is 128 cm³/mol. The normalized spacial score (nSPS) is 12.7. The van der Waals surface area contributed by atoms with Crippen molar-refractivity contribution in [1.82, 2.24) is 0 Å². The molecule has 2 N–H and O–H groups in total. The zero-order valence-electron chi connectivity index (χ0n) is 19.4. The molecule has 41 heavy (non-hydrogen) atoms. The van der Waals surface area contributed by atoms with Crippen LogP contribution in [0.3, 0.4) is 0 Å². The third-order valence-corrected chi connectivity index (χ3v) is 6.31. The Kier molecular flexibility index (Phi) is 8.71. The van der Waals surface area contributed by atoms with Crippen molar-refractivity contribution < 1.29 is 57.9 Å². The summed E-state index contributed by atoms with van der Waals surface area (Å²) in [5, 5.41) is 3.76. The Balaban J connectivity index is 1.99. The first kappa shape index (κ1) is 32.1. The molecule has 0 aliphatic heterocycles. The molecule has 0 atom stereocenters. The van der Waals surface area contributed by atoms with Crippen molar-refractivity contribution in [3.8, 4) is 0 Å². The number of carbonyl (C=O) groups is 2. The van der Waals surface area contributed by atoms with E-state index in [1.54, 1.807) is 5.32 Å². The Labute approximate surface area is 235 Å². The number of alkyl halides is 10. The van der Waals surface area contributed by atoms with E-state index in [4.69, 9.17) is 11.6 Å². The van der Waals surface area contributed by atoms with Crippen LogP contribution in [0.1, 0.15) is 31.8 Å². The lowest BCUT2D eigenvalue weighted by molar-refractivity contribution is -0.348. The van der Waals surface area contributed by atoms with E-state index in [1.165, 1.54) is 12.1 Å². The van der Waals surface area contributed by atoms with Crippen molar-refractivity contribution >= 4 is 50.7 Å². The molecule has 0 aliphatic carbocycles. The van der Waals surface area contributed by atoms with Crippen molar-refractivity contribution in [2.45, 2.75) is 24.2 Å². The average Bonchev–Trinajstić information content (AvgIpc) is 2.82. The Morgan fingerprint density at radius 1 is 0.756 bits per heavy atom. The fourth-order valence-corrected chi connectivity index (χ4v) is 4.25. The van der Waals surface area contributed by atoms with Gasteiger partial charge in [-0.25, -0.2) is 8.78 Å². The molecule has 2 amide bonds. The highest BCUT2D eigenvalue weighted by Crippen LogP contribution is 2.55. The van der Waals surface area contributed by atoms with Gasteiger partial charge in [-0.3, -0.25) is 9.59 Å². The minimum atomic E-state index is -6.69. The molecule has 3 rings (SSSR count). The standard InChI is InChI=1S/C24H11BrClF11N2O2/c25-16-8-11(21(28,23(32,33)34)24(35,36)37)7-15(22(29,30)31)18(16)39-19(40)10-2-1-3-13(6-10)38-20(41)14-5-4-12(27)9-17(14)26/h1-9H,(H,38,41)(H,39,40). The molecule has 0 aromatic heterocycles. The lowest BCUT2D eigenvalue weighted by Gasteiger charge is -2.31. The number of carbonyl (C=O) groups excluding carboxylic acids is 2. The second-order valence-electron chi connectivity index (χ2n) is 8.15. The van der Waals surface area contributed by atoms with Crippen LogP contribution in [0.4, 0.5) is 59.7 Å². The van der Waals surface area contributed by atoms with E-state index in [2.05, 4.69) is 21.2 Å². The van der Waals surface area contributed by atoms with Crippen LogP contribution in [0.15, 0.2) is 59.1 Å². The Hall–Kier alpha value is -3.40. The molecule has 0 bridgehead atoms. The maximum absolute atomic E-state index is 14.5. The Morgan fingerprint density at radius 2 is 1.37 bits per heavy atom. The fraction of sp³-hybridized carbons (Fsp3) is 0.167. The van der Waals surface area contributed by atoms with E-state index in [-0.39, 0.29) is 22.3 Å². The van der Waals surface area contributed by atoms with Gasteiger partial charge in [0, 0.05) is 21.3 Å². The first-order valence-electron chi connectivity index (χ1n) is 10.6. The van der Waals surface area contributed by atoms with Gasteiger partial charge in [0.1, 0.15) is 5.82 Å². The number of rotatable bonds is 5. The second-order valence-corrected chi connectivity index (χ2v) is 9.41. The van der Waals surface area contributed by atoms with Gasteiger partial charge in [-0.1, -0.05) is 17.7 Å². The minimum absolute atomic E-state index is 0.105. The summed E-state index contributed by atoms with van der Waals surface area (Å²) in [6.07, 6.45) is -19.0. The van der Waals surface area contributed by atoms with Crippen LogP contribution < -0.4 is 10.6 Å². The SMILES string of the molecule is O=C(Nc1c(Br)cc(C(F)(C(F)(F)F)C(F)(F)F)cc1C(F)(F)F)c1cccc(NC(=O)c2ccc(F)cc2Cl)c1. The van der Waals surface area contributed by atoms with Gasteiger partial charge < -0.3 is 10.6 Å². The maximum Gasteiger partial charge on any atom is 0.435 e. The van der Waals surface area contributed by atoms with Gasteiger partial charge in [0.25, 0.3) is 11.8 Å². The van der Waals surface area contributed by atoms with Gasteiger partial charge in [-0.05, 0) is 64.5 Å². The highest BCUT2D eigenvalue weighted by Gasteiger charge is 2.73. The molecule has 0 spiro atoms. The van der Waals surface area contributed by atoms with Gasteiger partial charge >= 0.3 is 24.2 Å². The summed E-state index contributed by atoms with van der Waals surface area (Å²) in [6, 6.07) is 6.36. The lowest BCUT2D eigenvalue weighted by atomic mass is 9.92. The molecule has 17 heteroatoms. The highest BCUT2D eigenvalue weighted by molar-refractivity contribution is 9.10. The van der Waals surface area contributed by atoms with Crippen LogP contribution in [-0.4, -0.2) is 24.2 Å². The van der Waals surface area contributed by atoms with Gasteiger partial charge in [0.05, 0.1) is 21.8 Å². The number of hydrogen-bond donors (Lipinski definition) is 2. The monoisotopic (exact) mass is 682 g/mol. The molecule has 0 aliphatic rings. The molecule has 4 nitrogen and oxygen atoms in total. The van der Waals surface area contributed by atoms with Crippen molar-refractivity contribution in [3.05, 3.63) is 92.2 Å². The fourth-order valence-electron chi connectivity index (χ4n) is 3.44. The molecule has 0 saturated heterocycles. The van der Waals surface area contributed by atoms with Crippen LogP contribution in [0.25, 0.3) is 0 Å². The van der Waals surface area contributed by atoms with Crippen LogP contribution in [-0.2, 0) is 11.8 Å². The van der Waals surface area contributed by atoms with Gasteiger partial charge in [0.15, 0.2) is 0 Å². The topological polar surface area (TPSA) is 58.2 Å². The number of amides is 2. The first-order chi connectivity index (χ1) is 18.7. The van der Waals surface area contributed by atoms with Crippen LogP contribution in [0.2, 0.25) is 5.02 Å². The van der Waals surface area contributed by atoms with Gasteiger partial charge in [-0.15, -0.1) is 0 Å². The molecule has 0 radical (unpaired) electrons. The number of anilines is 2. The zero-order valence-corrected chi connectivity index (χ0v) is 21.8. The quantitative estimate of drug-likeness (QED) is 0.264. The van der Waals surface area contributed by atoms with Crippen molar-refractivity contribution in [2.75, 3.05) is 10.6 Å². The average molecular weight is 684 g/mol. The van der Waals surface area contributed by atoms with Crippen molar-refractivity contribution in [3.63, 3.8) is 0 Å². The molecule has 220 valence electrons. The Morgan fingerprint density at radius 3 is 1.90 bits per heavy atom. The third-order valence-electron chi connectivity index (χ3n) is 5.37. The largest absolute Gasteiger partial charge is 0.435 e. The number of nitrogens with one attached hydrogen (secondary N) is 2. The molecule has 0 heterocycles. The van der Waals surface area contributed by atoms with E-state index in [0.29, 0.717) is 0 Å². The summed E-state index contributed by atoms with van der Waals surface area (Å²) in [4.78, 5) is 25.2. The van der Waals surface area contributed by atoms with Crippen LogP contribution >= 0.6 is 27.5 Å². The van der Waals surface area contributed by atoms with Crippen molar-refractivity contribution in [1.29, 1.82) is 0 Å². The van der Waals surface area contributed by atoms with Gasteiger partial charge in [0.2, 0.25) is 0 Å². The third kappa shape index (κ3) is 6.58. The van der Waals surface area contributed by atoms with Crippen molar-refractivity contribution in [2.24, 2.45) is 0 Å². The minimum Gasteiger partial charge on any atom is -0.322 e. The van der Waals surface area contributed by atoms with E-state index in [9.17, 15) is 57.9 Å². The number of benzene rings is 3. The lowest BCUT2D eigenvalue weighted by Crippen LogP contribution is -2.50. The molecule has 3 aromatic rings. The predicted octanol–water partition coefficient (Wildman–Crippen LogP) is 9.05. The highest BCUT2D eigenvalue weighted by atomic mass is 79.9. The van der Waals surface area contributed by atoms with E-state index >= 15 is 0 Å². The summed E-state index contributed by atoms with van der Waals surface area (Å²) >= 11 is 8.20. The van der Waals surface area contributed by atoms with Crippen LogP contribution in [0.5, 0.6) is 0 Å².